The van der Waals surface area contributed by atoms with E-state index >= 15 is 0 Å². The number of hydrogen-bond donors (Lipinski definition) is 0. The quantitative estimate of drug-likeness (QED) is 0.169. The third-order valence-corrected chi connectivity index (χ3v) is 13.0. The standard InChI is InChI=1S/C50H38O/c1-30-28-40-43(32-22-24-36-35-18-12-13-21-41(35)51-42(36)29-32)37-19-10-11-20-38(37)46-44-34-17-9-8-14-31(34)23-25-39(44)49(3)27-26-48(2,33-15-6-5-7-16-33)45(30)47(49)50(40,46)4/h5-30H,1-4H3. The summed E-state index contributed by atoms with van der Waals surface area (Å²) in [5.74, 6) is 0.219. The van der Waals surface area contributed by atoms with Crippen LogP contribution in [0.5, 0.6) is 0 Å². The van der Waals surface area contributed by atoms with E-state index in [-0.39, 0.29) is 22.2 Å². The van der Waals surface area contributed by atoms with Crippen molar-refractivity contribution in [3.63, 3.8) is 0 Å². The number of hydrogen-bond acceptors (Lipinski definition) is 1. The van der Waals surface area contributed by atoms with Crippen molar-refractivity contribution in [2.75, 3.05) is 0 Å². The van der Waals surface area contributed by atoms with Gasteiger partial charge in [-0.1, -0.05) is 140 Å². The van der Waals surface area contributed by atoms with Crippen LogP contribution in [0.15, 0.2) is 173 Å². The Morgan fingerprint density at radius 2 is 1.27 bits per heavy atom. The maximum absolute atomic E-state index is 6.52. The van der Waals surface area contributed by atoms with Crippen LogP contribution in [-0.2, 0) is 10.8 Å². The van der Waals surface area contributed by atoms with Gasteiger partial charge < -0.3 is 4.42 Å². The van der Waals surface area contributed by atoms with E-state index in [1.807, 2.05) is 0 Å². The smallest absolute Gasteiger partial charge is 0.136 e. The lowest BCUT2D eigenvalue weighted by molar-refractivity contribution is 0.430. The van der Waals surface area contributed by atoms with Crippen molar-refractivity contribution < 1.29 is 4.42 Å². The van der Waals surface area contributed by atoms with Crippen LogP contribution < -0.4 is 10.4 Å². The van der Waals surface area contributed by atoms with E-state index < -0.39 is 0 Å². The zero-order chi connectivity index (χ0) is 34.3. The highest BCUT2D eigenvalue weighted by Gasteiger charge is 2.59. The fourth-order valence-electron chi connectivity index (χ4n) is 10.9. The lowest BCUT2D eigenvalue weighted by atomic mass is 9.43. The number of rotatable bonds is 2. The van der Waals surface area contributed by atoms with Gasteiger partial charge >= 0.3 is 0 Å². The summed E-state index contributed by atoms with van der Waals surface area (Å²) in [6, 6.07) is 49.4. The van der Waals surface area contributed by atoms with Crippen LogP contribution in [0.2, 0.25) is 0 Å². The number of fused-ring (bicyclic) bond motifs is 9. The minimum Gasteiger partial charge on any atom is -0.456 e. The number of allylic oxidation sites excluding steroid dienone is 6. The van der Waals surface area contributed by atoms with E-state index in [4.69, 9.17) is 4.42 Å². The number of furan rings is 1. The van der Waals surface area contributed by atoms with Crippen molar-refractivity contribution in [2.24, 2.45) is 11.3 Å². The molecule has 1 heterocycles. The molecule has 0 spiro atoms. The second-order valence-corrected chi connectivity index (χ2v) is 15.7. The van der Waals surface area contributed by atoms with E-state index in [2.05, 4.69) is 179 Å². The average Bonchev–Trinajstić information content (AvgIpc) is 3.53. The highest BCUT2D eigenvalue weighted by molar-refractivity contribution is 6.08. The van der Waals surface area contributed by atoms with Gasteiger partial charge in [-0.2, -0.15) is 0 Å². The Hall–Kier alpha value is -5.66. The Labute approximate surface area is 298 Å². The molecule has 0 fully saturated rings. The van der Waals surface area contributed by atoms with Crippen molar-refractivity contribution in [2.45, 2.75) is 38.5 Å². The van der Waals surface area contributed by atoms with Crippen molar-refractivity contribution in [3.8, 4) is 0 Å². The molecule has 1 aromatic heterocycles. The Morgan fingerprint density at radius 1 is 0.588 bits per heavy atom. The molecule has 1 nitrogen and oxygen atoms in total. The first-order chi connectivity index (χ1) is 24.8. The summed E-state index contributed by atoms with van der Waals surface area (Å²) in [5.41, 5.74) is 13.5. The molecule has 0 N–H and O–H groups in total. The van der Waals surface area contributed by atoms with Gasteiger partial charge in [0.25, 0.3) is 0 Å². The molecule has 244 valence electrons. The van der Waals surface area contributed by atoms with Crippen molar-refractivity contribution >= 4 is 43.9 Å². The first kappa shape index (κ1) is 29.1. The van der Waals surface area contributed by atoms with Crippen LogP contribution in [-0.4, -0.2) is 0 Å². The zero-order valence-electron chi connectivity index (χ0n) is 29.4. The lowest BCUT2D eigenvalue weighted by Gasteiger charge is -2.59. The summed E-state index contributed by atoms with van der Waals surface area (Å²) in [4.78, 5) is 0. The fourth-order valence-corrected chi connectivity index (χ4v) is 10.9. The minimum absolute atomic E-state index is 0.219. The second-order valence-electron chi connectivity index (χ2n) is 15.7. The Balaban J connectivity index is 1.33. The third-order valence-electron chi connectivity index (χ3n) is 13.0. The van der Waals surface area contributed by atoms with Gasteiger partial charge in [0.2, 0.25) is 0 Å². The van der Waals surface area contributed by atoms with Crippen LogP contribution in [0.25, 0.3) is 43.9 Å². The fraction of sp³-hybridized carbons (Fsp3) is 0.160. The second kappa shape index (κ2) is 9.77. The number of benzene rings is 6. The molecule has 1 heteroatoms. The summed E-state index contributed by atoms with van der Waals surface area (Å²) >= 11 is 0. The van der Waals surface area contributed by atoms with E-state index in [1.54, 1.807) is 5.57 Å². The molecule has 51 heavy (non-hydrogen) atoms. The molecule has 0 bridgehead atoms. The minimum atomic E-state index is -0.388. The molecule has 4 aliphatic carbocycles. The summed E-state index contributed by atoms with van der Waals surface area (Å²) < 4.78 is 6.52. The molecule has 11 rings (SSSR count). The molecule has 4 unspecified atom stereocenters. The molecular weight excluding hydrogens is 617 g/mol. The normalized spacial score (nSPS) is 26.0. The molecule has 0 aliphatic heterocycles. The van der Waals surface area contributed by atoms with Crippen molar-refractivity contribution in [1.29, 1.82) is 0 Å². The molecular formula is C50H38O. The van der Waals surface area contributed by atoms with E-state index in [9.17, 15) is 0 Å². The first-order valence-corrected chi connectivity index (χ1v) is 18.3. The highest BCUT2D eigenvalue weighted by Crippen LogP contribution is 2.68. The summed E-state index contributed by atoms with van der Waals surface area (Å²) in [5, 5.41) is 7.57. The highest BCUT2D eigenvalue weighted by atomic mass is 16.3. The van der Waals surface area contributed by atoms with E-state index in [1.165, 1.54) is 65.8 Å². The first-order valence-electron chi connectivity index (χ1n) is 18.3. The van der Waals surface area contributed by atoms with E-state index in [0.717, 1.165) is 21.9 Å². The molecule has 7 aromatic rings. The Morgan fingerprint density at radius 3 is 2.12 bits per heavy atom. The molecule has 6 aromatic carbocycles. The third kappa shape index (κ3) is 3.52. The van der Waals surface area contributed by atoms with Crippen LogP contribution in [0.4, 0.5) is 0 Å². The topological polar surface area (TPSA) is 13.1 Å². The lowest BCUT2D eigenvalue weighted by Crippen LogP contribution is -2.54. The van der Waals surface area contributed by atoms with Gasteiger partial charge in [0, 0.05) is 27.0 Å². The Bertz CT molecular complexity index is 2910. The van der Waals surface area contributed by atoms with Crippen LogP contribution in [0, 0.1) is 11.3 Å². The van der Waals surface area contributed by atoms with Gasteiger partial charge in [-0.25, -0.2) is 0 Å². The zero-order valence-corrected chi connectivity index (χ0v) is 29.4. The van der Waals surface area contributed by atoms with Crippen LogP contribution in [0.3, 0.4) is 0 Å². The predicted molar refractivity (Wildman–Crippen MR) is 211 cm³/mol. The van der Waals surface area contributed by atoms with Gasteiger partial charge in [-0.3, -0.25) is 0 Å². The monoisotopic (exact) mass is 654 g/mol. The average molecular weight is 655 g/mol. The van der Waals surface area contributed by atoms with Gasteiger partial charge in [-0.05, 0) is 116 Å². The summed E-state index contributed by atoms with van der Waals surface area (Å²) in [6.45, 7) is 9.94. The van der Waals surface area contributed by atoms with Gasteiger partial charge in [-0.15, -0.1) is 0 Å². The molecule has 0 saturated heterocycles. The predicted octanol–water partition coefficient (Wildman–Crippen LogP) is 10.8. The molecule has 0 radical (unpaired) electrons. The van der Waals surface area contributed by atoms with Crippen molar-refractivity contribution in [1.82, 2.24) is 0 Å². The number of para-hydroxylation sites is 1. The van der Waals surface area contributed by atoms with Gasteiger partial charge in [0.15, 0.2) is 0 Å². The SMILES string of the molecule is CC1C=C2C(c3ccc4c(c3)oc3ccccc34)=c3ccccc3=C3c4c(ccc5ccccc45)C4(C)C=CC(C)(c5ccccc5)C1=C4C23C. The summed E-state index contributed by atoms with van der Waals surface area (Å²) in [7, 11) is 0. The molecule has 4 atom stereocenters. The van der Waals surface area contributed by atoms with Gasteiger partial charge in [0.1, 0.15) is 11.2 Å². The van der Waals surface area contributed by atoms with Crippen molar-refractivity contribution in [3.05, 3.63) is 201 Å². The van der Waals surface area contributed by atoms with Crippen LogP contribution in [0.1, 0.15) is 49.9 Å². The molecule has 4 aliphatic rings. The Kier molecular flexibility index (Phi) is 5.57. The largest absolute Gasteiger partial charge is 0.456 e. The maximum atomic E-state index is 6.52. The maximum Gasteiger partial charge on any atom is 0.136 e. The van der Waals surface area contributed by atoms with Gasteiger partial charge in [0.05, 0.1) is 0 Å². The molecule has 0 saturated carbocycles. The summed E-state index contributed by atoms with van der Waals surface area (Å²) in [6.07, 6.45) is 7.72. The van der Waals surface area contributed by atoms with E-state index in [0.29, 0.717) is 0 Å². The van der Waals surface area contributed by atoms with Crippen LogP contribution >= 0.6 is 0 Å². The molecule has 0 amide bonds.